The normalized spacial score (nSPS) is 10.6. The molecule has 10 nitrogen and oxygen atoms in total. The Morgan fingerprint density at radius 2 is 1.86 bits per heavy atom. The topological polar surface area (TPSA) is 139 Å². The number of benzene rings is 1. The first-order chi connectivity index (χ1) is 13.3. The van der Waals surface area contributed by atoms with E-state index in [9.17, 15) is 24.0 Å². The minimum absolute atomic E-state index is 0.109. The lowest BCUT2D eigenvalue weighted by molar-refractivity contribution is 0.102. The molecule has 0 fully saturated rings. The van der Waals surface area contributed by atoms with Crippen LogP contribution in [0.25, 0.3) is 0 Å². The molecule has 0 aliphatic rings. The Morgan fingerprint density at radius 3 is 2.57 bits per heavy atom. The van der Waals surface area contributed by atoms with Gasteiger partial charge in [-0.2, -0.15) is 0 Å². The molecule has 0 spiro atoms. The predicted octanol–water partition coefficient (Wildman–Crippen LogP) is -0.122. The molecule has 0 aliphatic carbocycles. The van der Waals surface area contributed by atoms with Gasteiger partial charge in [-0.3, -0.25) is 28.5 Å². The highest BCUT2D eigenvalue weighted by Gasteiger charge is 2.17. The average Bonchev–Trinajstić information content (AvgIpc) is 2.64. The minimum atomic E-state index is -0.894. The molecule has 0 saturated heterocycles. The Morgan fingerprint density at radius 1 is 1.14 bits per heavy atom. The van der Waals surface area contributed by atoms with Crippen LogP contribution in [0.3, 0.4) is 0 Å². The van der Waals surface area contributed by atoms with Crippen molar-refractivity contribution in [3.63, 3.8) is 0 Å². The second-order valence-electron chi connectivity index (χ2n) is 5.83. The molecule has 28 heavy (non-hydrogen) atoms. The van der Waals surface area contributed by atoms with Gasteiger partial charge in [0, 0.05) is 24.3 Å². The zero-order chi connectivity index (χ0) is 20.4. The number of amides is 1. The fraction of sp³-hybridized carbons (Fsp3) is 0.118. The van der Waals surface area contributed by atoms with Crippen molar-refractivity contribution in [3.8, 4) is 0 Å². The first-order valence-corrected chi connectivity index (χ1v) is 8.33. The van der Waals surface area contributed by atoms with Crippen LogP contribution in [-0.2, 0) is 13.6 Å². The minimum Gasteiger partial charge on any atom is -0.313 e. The monoisotopic (exact) mass is 403 g/mol. The Balaban J connectivity index is 2.00. The molecule has 3 aromatic rings. The molecule has 3 rings (SSSR count). The number of hydrogen-bond donors (Lipinski definition) is 3. The van der Waals surface area contributed by atoms with E-state index >= 15 is 0 Å². The van der Waals surface area contributed by atoms with E-state index in [1.165, 1.54) is 7.05 Å². The maximum atomic E-state index is 12.7. The number of aromatic amines is 2. The molecule has 3 N–H and O–H groups in total. The van der Waals surface area contributed by atoms with E-state index in [1.54, 1.807) is 24.3 Å². The molecule has 0 bridgehead atoms. The zero-order valence-corrected chi connectivity index (χ0v) is 15.2. The van der Waals surface area contributed by atoms with Gasteiger partial charge in [0.2, 0.25) is 0 Å². The molecule has 11 heteroatoms. The standard InChI is InChI=1S/C17H14ClN5O5/c1-22-12(6-13(24)21-17(22)28)20-14(25)10-7-19-16(27)23(15(10)26)8-9-4-2-3-5-11(9)18/h2-7H,8H2,1H3,(H,19,27)(H,20,25)(H,21,24,28). The quantitative estimate of drug-likeness (QED) is 0.557. The van der Waals surface area contributed by atoms with Crippen LogP contribution in [0.15, 0.2) is 55.7 Å². The first kappa shape index (κ1) is 19.1. The van der Waals surface area contributed by atoms with Crippen molar-refractivity contribution in [2.24, 2.45) is 7.05 Å². The summed E-state index contributed by atoms with van der Waals surface area (Å²) in [4.78, 5) is 64.6. The van der Waals surface area contributed by atoms with Crippen molar-refractivity contribution < 1.29 is 4.79 Å². The van der Waals surface area contributed by atoms with Crippen LogP contribution in [0.2, 0.25) is 5.02 Å². The van der Waals surface area contributed by atoms with Gasteiger partial charge in [0.05, 0.1) is 6.54 Å². The maximum Gasteiger partial charge on any atom is 0.329 e. The van der Waals surface area contributed by atoms with Crippen molar-refractivity contribution in [1.82, 2.24) is 19.1 Å². The summed E-state index contributed by atoms with van der Waals surface area (Å²) >= 11 is 6.06. The molecule has 144 valence electrons. The largest absolute Gasteiger partial charge is 0.329 e. The van der Waals surface area contributed by atoms with Gasteiger partial charge in [-0.15, -0.1) is 0 Å². The van der Waals surface area contributed by atoms with Crippen LogP contribution in [-0.4, -0.2) is 25.0 Å². The number of hydrogen-bond acceptors (Lipinski definition) is 5. The summed E-state index contributed by atoms with van der Waals surface area (Å²) in [5, 5.41) is 2.68. The van der Waals surface area contributed by atoms with Crippen LogP contribution in [0.1, 0.15) is 15.9 Å². The number of nitrogens with zero attached hydrogens (tertiary/aromatic N) is 2. The highest BCUT2D eigenvalue weighted by atomic mass is 35.5. The molecular formula is C17H14ClN5O5. The van der Waals surface area contributed by atoms with Crippen molar-refractivity contribution in [2.45, 2.75) is 6.54 Å². The number of carbonyl (C=O) groups excluding carboxylic acids is 1. The fourth-order valence-electron chi connectivity index (χ4n) is 2.47. The van der Waals surface area contributed by atoms with Crippen LogP contribution in [0.5, 0.6) is 0 Å². The maximum absolute atomic E-state index is 12.7. The van der Waals surface area contributed by atoms with Gasteiger partial charge < -0.3 is 10.3 Å². The second kappa shape index (κ2) is 7.53. The highest BCUT2D eigenvalue weighted by molar-refractivity contribution is 6.31. The van der Waals surface area contributed by atoms with Gasteiger partial charge in [-0.1, -0.05) is 29.8 Å². The lowest BCUT2D eigenvalue weighted by Gasteiger charge is -2.10. The van der Waals surface area contributed by atoms with Gasteiger partial charge in [0.1, 0.15) is 11.4 Å². The SMILES string of the molecule is Cn1c(NC(=O)c2c[nH]c(=O)n(Cc3ccccc3Cl)c2=O)cc(=O)[nH]c1=O. The Hall–Kier alpha value is -3.66. The lowest BCUT2D eigenvalue weighted by Crippen LogP contribution is -2.40. The number of carbonyl (C=O) groups is 1. The van der Waals surface area contributed by atoms with Crippen LogP contribution < -0.4 is 27.8 Å². The third-order valence-electron chi connectivity index (χ3n) is 4.00. The third-order valence-corrected chi connectivity index (χ3v) is 4.37. The molecule has 1 amide bonds. The fourth-order valence-corrected chi connectivity index (χ4v) is 2.67. The smallest absolute Gasteiger partial charge is 0.313 e. The summed E-state index contributed by atoms with van der Waals surface area (Å²) in [6.07, 6.45) is 0.967. The van der Waals surface area contributed by atoms with Gasteiger partial charge in [0.25, 0.3) is 17.0 Å². The van der Waals surface area contributed by atoms with Crippen molar-refractivity contribution >= 4 is 23.3 Å². The molecule has 2 aromatic heterocycles. The van der Waals surface area contributed by atoms with Crippen molar-refractivity contribution in [2.75, 3.05) is 5.32 Å². The number of rotatable bonds is 4. The summed E-state index contributed by atoms with van der Waals surface area (Å²) in [6, 6.07) is 7.65. The Kier molecular flexibility index (Phi) is 5.14. The molecule has 1 aromatic carbocycles. The van der Waals surface area contributed by atoms with Gasteiger partial charge in [0.15, 0.2) is 0 Å². The number of H-pyrrole nitrogens is 2. The summed E-state index contributed by atoms with van der Waals surface area (Å²) in [6.45, 7) is -0.140. The molecule has 2 heterocycles. The van der Waals surface area contributed by atoms with Crippen molar-refractivity contribution in [1.29, 1.82) is 0 Å². The van der Waals surface area contributed by atoms with Crippen LogP contribution in [0, 0.1) is 0 Å². The summed E-state index contributed by atoms with van der Waals surface area (Å²) in [7, 11) is 1.33. The number of nitrogens with one attached hydrogen (secondary N) is 3. The van der Waals surface area contributed by atoms with E-state index < -0.39 is 28.4 Å². The van der Waals surface area contributed by atoms with E-state index in [-0.39, 0.29) is 17.9 Å². The number of halogens is 1. The molecule has 0 aliphatic heterocycles. The van der Waals surface area contributed by atoms with E-state index in [0.717, 1.165) is 21.4 Å². The molecule has 0 unspecified atom stereocenters. The molecule has 0 atom stereocenters. The first-order valence-electron chi connectivity index (χ1n) is 7.95. The van der Waals surface area contributed by atoms with E-state index in [4.69, 9.17) is 11.6 Å². The Labute approximate surface area is 161 Å². The average molecular weight is 404 g/mol. The van der Waals surface area contributed by atoms with Gasteiger partial charge in [-0.25, -0.2) is 9.59 Å². The van der Waals surface area contributed by atoms with Crippen LogP contribution >= 0.6 is 11.6 Å². The lowest BCUT2D eigenvalue weighted by atomic mass is 10.2. The van der Waals surface area contributed by atoms with E-state index in [2.05, 4.69) is 10.3 Å². The third kappa shape index (κ3) is 3.71. The predicted molar refractivity (Wildman–Crippen MR) is 102 cm³/mol. The molecule has 0 radical (unpaired) electrons. The van der Waals surface area contributed by atoms with Gasteiger partial charge in [-0.05, 0) is 11.6 Å². The summed E-state index contributed by atoms with van der Waals surface area (Å²) in [5.74, 6) is -1.00. The molecule has 0 saturated carbocycles. The van der Waals surface area contributed by atoms with Crippen LogP contribution in [0.4, 0.5) is 5.82 Å². The van der Waals surface area contributed by atoms with Crippen molar-refractivity contribution in [3.05, 3.63) is 94.4 Å². The number of anilines is 1. The Bertz CT molecular complexity index is 1300. The highest BCUT2D eigenvalue weighted by Crippen LogP contribution is 2.15. The van der Waals surface area contributed by atoms with Gasteiger partial charge >= 0.3 is 11.4 Å². The zero-order valence-electron chi connectivity index (χ0n) is 14.5. The van der Waals surface area contributed by atoms with E-state index in [1.807, 2.05) is 4.98 Å². The number of aromatic nitrogens is 4. The second-order valence-corrected chi connectivity index (χ2v) is 6.23. The molecular weight excluding hydrogens is 390 g/mol. The summed E-state index contributed by atoms with van der Waals surface area (Å²) in [5.41, 5.74) is -2.87. The van der Waals surface area contributed by atoms with E-state index in [0.29, 0.717) is 10.6 Å². The summed E-state index contributed by atoms with van der Waals surface area (Å²) < 4.78 is 1.82.